The van der Waals surface area contributed by atoms with E-state index >= 15 is 0 Å². The van der Waals surface area contributed by atoms with Gasteiger partial charge in [0.2, 0.25) is 10.0 Å². The topological polar surface area (TPSA) is 92.7 Å². The minimum Gasteiger partial charge on any atom is -0.508 e. The Labute approximate surface area is 106 Å². The standard InChI is InChI=1S/C11H15NO5S/c1-8-9(4-3-5-10(8)13)12-18(15,16)7-6-11(14)17-2/h3-5,12-13H,6-7H2,1-2H3. The first-order valence-corrected chi connectivity index (χ1v) is 6.87. The summed E-state index contributed by atoms with van der Waals surface area (Å²) in [7, 11) is -2.44. The summed E-state index contributed by atoms with van der Waals surface area (Å²) in [5, 5.41) is 9.44. The number of nitrogens with one attached hydrogen (secondary N) is 1. The van der Waals surface area contributed by atoms with E-state index in [1.54, 1.807) is 6.92 Å². The van der Waals surface area contributed by atoms with Crippen LogP contribution in [0.2, 0.25) is 0 Å². The lowest BCUT2D eigenvalue weighted by molar-refractivity contribution is -0.140. The van der Waals surface area contributed by atoms with Gasteiger partial charge in [0, 0.05) is 5.56 Å². The van der Waals surface area contributed by atoms with Crippen molar-refractivity contribution < 1.29 is 23.1 Å². The van der Waals surface area contributed by atoms with E-state index in [-0.39, 0.29) is 17.9 Å². The van der Waals surface area contributed by atoms with E-state index in [1.165, 1.54) is 25.3 Å². The average Bonchev–Trinajstić information content (AvgIpc) is 2.32. The molecule has 0 spiro atoms. The molecule has 1 rings (SSSR count). The van der Waals surface area contributed by atoms with Crippen LogP contribution in [-0.4, -0.2) is 32.4 Å². The molecular weight excluding hydrogens is 258 g/mol. The Balaban J connectivity index is 2.77. The zero-order valence-electron chi connectivity index (χ0n) is 10.1. The molecule has 0 atom stereocenters. The van der Waals surface area contributed by atoms with Gasteiger partial charge in [0.15, 0.2) is 0 Å². The first-order valence-electron chi connectivity index (χ1n) is 5.21. The number of phenolic OH excluding ortho intramolecular Hbond substituents is 1. The van der Waals surface area contributed by atoms with Crippen molar-refractivity contribution in [2.75, 3.05) is 17.6 Å². The summed E-state index contributed by atoms with van der Waals surface area (Å²) in [6.07, 6.45) is -0.219. The number of sulfonamides is 1. The Morgan fingerprint density at radius 1 is 1.44 bits per heavy atom. The highest BCUT2D eigenvalue weighted by molar-refractivity contribution is 7.92. The second-order valence-electron chi connectivity index (χ2n) is 3.70. The minimum atomic E-state index is -3.64. The van der Waals surface area contributed by atoms with Gasteiger partial charge in [-0.3, -0.25) is 9.52 Å². The summed E-state index contributed by atoms with van der Waals surface area (Å²) in [6.45, 7) is 1.59. The minimum absolute atomic E-state index is 0.00293. The Hall–Kier alpha value is -1.76. The number of ether oxygens (including phenoxy) is 1. The first kappa shape index (κ1) is 14.3. The third-order valence-electron chi connectivity index (χ3n) is 2.37. The van der Waals surface area contributed by atoms with Gasteiger partial charge in [0.05, 0.1) is 25.0 Å². The van der Waals surface area contributed by atoms with Crippen LogP contribution < -0.4 is 4.72 Å². The van der Waals surface area contributed by atoms with Gasteiger partial charge in [-0.15, -0.1) is 0 Å². The predicted octanol–water partition coefficient (Wildman–Crippen LogP) is 1.01. The van der Waals surface area contributed by atoms with Crippen LogP contribution in [0.4, 0.5) is 5.69 Å². The second-order valence-corrected chi connectivity index (χ2v) is 5.54. The van der Waals surface area contributed by atoms with E-state index < -0.39 is 16.0 Å². The number of methoxy groups -OCH3 is 1. The Morgan fingerprint density at radius 3 is 2.72 bits per heavy atom. The molecular formula is C11H15NO5S. The van der Waals surface area contributed by atoms with Gasteiger partial charge in [-0.25, -0.2) is 8.42 Å². The van der Waals surface area contributed by atoms with Crippen molar-refractivity contribution in [3.63, 3.8) is 0 Å². The number of carbonyl (C=O) groups is 1. The smallest absolute Gasteiger partial charge is 0.306 e. The van der Waals surface area contributed by atoms with Gasteiger partial charge < -0.3 is 9.84 Å². The lowest BCUT2D eigenvalue weighted by Gasteiger charge is -2.10. The average molecular weight is 273 g/mol. The van der Waals surface area contributed by atoms with E-state index in [1.807, 2.05) is 0 Å². The Bertz CT molecular complexity index is 538. The fourth-order valence-electron chi connectivity index (χ4n) is 1.27. The van der Waals surface area contributed by atoms with Crippen LogP contribution >= 0.6 is 0 Å². The molecule has 1 aromatic carbocycles. The SMILES string of the molecule is COC(=O)CCS(=O)(=O)Nc1cccc(O)c1C. The largest absolute Gasteiger partial charge is 0.508 e. The maximum atomic E-state index is 11.7. The van der Waals surface area contributed by atoms with Crippen molar-refractivity contribution >= 4 is 21.7 Å². The van der Waals surface area contributed by atoms with Gasteiger partial charge in [0.1, 0.15) is 5.75 Å². The number of phenols is 1. The van der Waals surface area contributed by atoms with Gasteiger partial charge in [0.25, 0.3) is 0 Å². The van der Waals surface area contributed by atoms with E-state index in [2.05, 4.69) is 9.46 Å². The van der Waals surface area contributed by atoms with Crippen molar-refractivity contribution in [3.8, 4) is 5.75 Å². The zero-order valence-corrected chi connectivity index (χ0v) is 11.0. The van der Waals surface area contributed by atoms with Gasteiger partial charge >= 0.3 is 5.97 Å². The van der Waals surface area contributed by atoms with Crippen LogP contribution in [0.3, 0.4) is 0 Å². The van der Waals surface area contributed by atoms with Crippen LogP contribution in [-0.2, 0) is 19.6 Å². The number of anilines is 1. The zero-order chi connectivity index (χ0) is 13.8. The van der Waals surface area contributed by atoms with Crippen molar-refractivity contribution in [1.29, 1.82) is 0 Å². The molecule has 0 saturated heterocycles. The monoisotopic (exact) mass is 273 g/mol. The summed E-state index contributed by atoms with van der Waals surface area (Å²) in [4.78, 5) is 10.9. The molecule has 0 bridgehead atoms. The molecule has 0 aliphatic rings. The molecule has 0 fully saturated rings. The molecule has 7 heteroatoms. The summed E-state index contributed by atoms with van der Waals surface area (Å²) in [6, 6.07) is 4.52. The molecule has 0 amide bonds. The second kappa shape index (κ2) is 5.72. The third kappa shape index (κ3) is 3.92. The van der Waals surface area contributed by atoms with Crippen molar-refractivity contribution in [2.45, 2.75) is 13.3 Å². The normalized spacial score (nSPS) is 11.0. The van der Waals surface area contributed by atoms with Crippen molar-refractivity contribution in [2.24, 2.45) is 0 Å². The molecule has 2 N–H and O–H groups in total. The Kier molecular flexibility index (Phi) is 4.55. The van der Waals surface area contributed by atoms with Crippen LogP contribution in [0, 0.1) is 6.92 Å². The van der Waals surface area contributed by atoms with E-state index in [4.69, 9.17) is 0 Å². The highest BCUT2D eigenvalue weighted by Gasteiger charge is 2.15. The first-order chi connectivity index (χ1) is 8.35. The van der Waals surface area contributed by atoms with E-state index in [9.17, 15) is 18.3 Å². The van der Waals surface area contributed by atoms with Crippen LogP contribution in [0.15, 0.2) is 18.2 Å². The lowest BCUT2D eigenvalue weighted by Crippen LogP contribution is -2.20. The number of benzene rings is 1. The quantitative estimate of drug-likeness (QED) is 0.781. The van der Waals surface area contributed by atoms with Crippen LogP contribution in [0.5, 0.6) is 5.75 Å². The third-order valence-corrected chi connectivity index (χ3v) is 3.65. The number of esters is 1. The van der Waals surface area contributed by atoms with Crippen LogP contribution in [0.25, 0.3) is 0 Å². The summed E-state index contributed by atoms with van der Waals surface area (Å²) >= 11 is 0. The van der Waals surface area contributed by atoms with Gasteiger partial charge in [-0.1, -0.05) is 6.07 Å². The molecule has 1 aromatic rings. The fourth-order valence-corrected chi connectivity index (χ4v) is 2.37. The molecule has 0 heterocycles. The number of aromatic hydroxyl groups is 1. The lowest BCUT2D eigenvalue weighted by atomic mass is 10.2. The molecule has 0 aliphatic carbocycles. The van der Waals surface area contributed by atoms with Gasteiger partial charge in [-0.2, -0.15) is 0 Å². The molecule has 0 radical (unpaired) electrons. The summed E-state index contributed by atoms with van der Waals surface area (Å²) in [5.41, 5.74) is 0.721. The fraction of sp³-hybridized carbons (Fsp3) is 0.364. The molecule has 6 nitrogen and oxygen atoms in total. The molecule has 0 saturated carbocycles. The molecule has 18 heavy (non-hydrogen) atoms. The molecule has 0 aliphatic heterocycles. The highest BCUT2D eigenvalue weighted by Crippen LogP contribution is 2.24. The van der Waals surface area contributed by atoms with E-state index in [0.29, 0.717) is 11.3 Å². The number of rotatable bonds is 5. The van der Waals surface area contributed by atoms with Gasteiger partial charge in [-0.05, 0) is 19.1 Å². The molecule has 0 aromatic heterocycles. The number of carbonyl (C=O) groups excluding carboxylic acids is 1. The maximum absolute atomic E-state index is 11.7. The maximum Gasteiger partial charge on any atom is 0.306 e. The number of hydrogen-bond donors (Lipinski definition) is 2. The van der Waals surface area contributed by atoms with E-state index in [0.717, 1.165) is 0 Å². The van der Waals surface area contributed by atoms with Crippen LogP contribution in [0.1, 0.15) is 12.0 Å². The highest BCUT2D eigenvalue weighted by atomic mass is 32.2. The Morgan fingerprint density at radius 2 is 2.11 bits per heavy atom. The number of hydrogen-bond acceptors (Lipinski definition) is 5. The van der Waals surface area contributed by atoms with Crippen molar-refractivity contribution in [1.82, 2.24) is 0 Å². The predicted molar refractivity (Wildman–Crippen MR) is 66.9 cm³/mol. The van der Waals surface area contributed by atoms with Crippen molar-refractivity contribution in [3.05, 3.63) is 23.8 Å². The summed E-state index contributed by atoms with van der Waals surface area (Å²) in [5.74, 6) is -0.953. The molecule has 100 valence electrons. The molecule has 0 unspecified atom stereocenters. The summed E-state index contributed by atoms with van der Waals surface area (Å²) < 4.78 is 30.0.